The highest BCUT2D eigenvalue weighted by atomic mass is 16.4. The van der Waals surface area contributed by atoms with Crippen molar-refractivity contribution in [2.75, 3.05) is 18.0 Å². The van der Waals surface area contributed by atoms with Crippen molar-refractivity contribution in [1.29, 1.82) is 0 Å². The fraction of sp³-hybridized carbons (Fsp3) is 0.529. The summed E-state index contributed by atoms with van der Waals surface area (Å²) in [5, 5.41) is 28.2. The van der Waals surface area contributed by atoms with Crippen LogP contribution in [0.15, 0.2) is 30.9 Å². The van der Waals surface area contributed by atoms with Crippen LogP contribution in [0, 0.1) is 11.8 Å². The Morgan fingerprint density at radius 1 is 1.16 bits per heavy atom. The minimum atomic E-state index is -0.799. The smallest absolute Gasteiger partial charge is 0.306 e. The summed E-state index contributed by atoms with van der Waals surface area (Å²) < 4.78 is 1.80. The Morgan fingerprint density at radius 2 is 1.84 bits per heavy atom. The zero-order valence-corrected chi connectivity index (χ0v) is 13.8. The van der Waals surface area contributed by atoms with Gasteiger partial charge in [0.2, 0.25) is 0 Å². The molecule has 8 heteroatoms. The highest BCUT2D eigenvalue weighted by Crippen LogP contribution is 2.46. The van der Waals surface area contributed by atoms with Gasteiger partial charge in [-0.3, -0.25) is 9.36 Å². The van der Waals surface area contributed by atoms with E-state index in [0.29, 0.717) is 12.8 Å². The molecule has 0 atom stereocenters. The summed E-state index contributed by atoms with van der Waals surface area (Å²) in [5.41, 5.74) is -0.799. The Hall–Kier alpha value is -2.48. The van der Waals surface area contributed by atoms with E-state index in [9.17, 15) is 9.90 Å². The first kappa shape index (κ1) is 16.0. The molecule has 0 aromatic carbocycles. The highest BCUT2D eigenvalue weighted by Gasteiger charge is 2.51. The number of rotatable bonds is 4. The van der Waals surface area contributed by atoms with Crippen molar-refractivity contribution in [3.8, 4) is 5.82 Å². The van der Waals surface area contributed by atoms with Crippen molar-refractivity contribution in [3.05, 3.63) is 30.9 Å². The van der Waals surface area contributed by atoms with Gasteiger partial charge in [-0.1, -0.05) is 0 Å². The molecule has 2 N–H and O–H groups in total. The van der Waals surface area contributed by atoms with Gasteiger partial charge in [0.1, 0.15) is 6.33 Å². The second-order valence-corrected chi connectivity index (χ2v) is 7.03. The van der Waals surface area contributed by atoms with Gasteiger partial charge in [0.15, 0.2) is 11.6 Å². The van der Waals surface area contributed by atoms with Crippen molar-refractivity contribution in [2.24, 2.45) is 11.8 Å². The Bertz CT molecular complexity index is 732. The number of nitrogens with zero attached hydrogens (tertiary/aromatic N) is 5. The van der Waals surface area contributed by atoms with Crippen LogP contribution < -0.4 is 4.90 Å². The first-order valence-electron chi connectivity index (χ1n) is 8.57. The number of piperidine rings is 1. The van der Waals surface area contributed by atoms with Crippen molar-refractivity contribution in [2.45, 2.75) is 31.3 Å². The summed E-state index contributed by atoms with van der Waals surface area (Å²) in [4.78, 5) is 17.1. The second kappa shape index (κ2) is 6.11. The molecule has 25 heavy (non-hydrogen) atoms. The van der Waals surface area contributed by atoms with E-state index in [1.165, 1.54) is 0 Å². The summed E-state index contributed by atoms with van der Waals surface area (Å²) >= 11 is 0. The summed E-state index contributed by atoms with van der Waals surface area (Å²) in [6.07, 6.45) is 7.64. The lowest BCUT2D eigenvalue weighted by Gasteiger charge is -2.49. The Balaban J connectivity index is 1.35. The normalized spacial score (nSPS) is 27.1. The molecule has 1 aliphatic heterocycles. The third-order valence-electron chi connectivity index (χ3n) is 5.53. The molecule has 4 rings (SSSR count). The van der Waals surface area contributed by atoms with E-state index in [0.717, 1.165) is 37.6 Å². The van der Waals surface area contributed by atoms with Crippen LogP contribution in [-0.4, -0.2) is 54.6 Å². The molecule has 2 fully saturated rings. The molecular formula is C17H21N5O3. The largest absolute Gasteiger partial charge is 0.481 e. The predicted molar refractivity (Wildman–Crippen MR) is 89.4 cm³/mol. The number of aromatic nitrogens is 4. The molecular weight excluding hydrogens is 322 g/mol. The third kappa shape index (κ3) is 2.97. The van der Waals surface area contributed by atoms with Gasteiger partial charge in [0.05, 0.1) is 11.5 Å². The van der Waals surface area contributed by atoms with Crippen molar-refractivity contribution < 1.29 is 15.0 Å². The van der Waals surface area contributed by atoms with Crippen LogP contribution in [-0.2, 0) is 4.79 Å². The zero-order valence-electron chi connectivity index (χ0n) is 13.8. The summed E-state index contributed by atoms with van der Waals surface area (Å²) in [5.74, 6) is 0.531. The maximum atomic E-state index is 11.0. The fourth-order valence-electron chi connectivity index (χ4n) is 3.97. The van der Waals surface area contributed by atoms with E-state index < -0.39 is 11.6 Å². The fourth-order valence-corrected chi connectivity index (χ4v) is 3.97. The van der Waals surface area contributed by atoms with Gasteiger partial charge in [0.25, 0.3) is 0 Å². The van der Waals surface area contributed by atoms with Crippen molar-refractivity contribution in [1.82, 2.24) is 19.7 Å². The second-order valence-electron chi connectivity index (χ2n) is 7.03. The first-order chi connectivity index (χ1) is 12.0. The van der Waals surface area contributed by atoms with Gasteiger partial charge in [-0.25, -0.2) is 4.98 Å². The molecule has 0 unspecified atom stereocenters. The van der Waals surface area contributed by atoms with Crippen LogP contribution in [0.1, 0.15) is 25.7 Å². The highest BCUT2D eigenvalue weighted by molar-refractivity contribution is 5.71. The maximum absolute atomic E-state index is 11.0. The molecule has 1 saturated carbocycles. The molecule has 1 aliphatic carbocycles. The number of hydrogen-bond donors (Lipinski definition) is 2. The molecule has 0 bridgehead atoms. The molecule has 2 aromatic heterocycles. The Kier molecular flexibility index (Phi) is 3.91. The van der Waals surface area contributed by atoms with Gasteiger partial charge < -0.3 is 15.1 Å². The van der Waals surface area contributed by atoms with E-state index in [2.05, 4.69) is 20.1 Å². The summed E-state index contributed by atoms with van der Waals surface area (Å²) in [6.45, 7) is 1.59. The molecule has 132 valence electrons. The number of carboxylic acid groups (broad SMARTS) is 1. The Morgan fingerprint density at radius 3 is 2.40 bits per heavy atom. The summed E-state index contributed by atoms with van der Waals surface area (Å²) in [6, 6.07) is 3.86. The number of imidazole rings is 1. The average molecular weight is 343 g/mol. The molecule has 0 radical (unpaired) electrons. The monoisotopic (exact) mass is 343 g/mol. The van der Waals surface area contributed by atoms with Crippen LogP contribution in [0.5, 0.6) is 0 Å². The molecule has 2 aromatic rings. The molecule has 8 nitrogen and oxygen atoms in total. The first-order valence-corrected chi connectivity index (χ1v) is 8.57. The third-order valence-corrected chi connectivity index (χ3v) is 5.53. The minimum absolute atomic E-state index is 0.164. The number of anilines is 1. The lowest BCUT2D eigenvalue weighted by Crippen LogP contribution is -2.55. The van der Waals surface area contributed by atoms with Crippen LogP contribution in [0.4, 0.5) is 5.82 Å². The van der Waals surface area contributed by atoms with Crippen LogP contribution in [0.2, 0.25) is 0 Å². The molecule has 2 aliphatic rings. The van der Waals surface area contributed by atoms with Gasteiger partial charge in [0, 0.05) is 25.5 Å². The summed E-state index contributed by atoms with van der Waals surface area (Å²) in [7, 11) is 0. The molecule has 1 saturated heterocycles. The number of hydrogen-bond acceptors (Lipinski definition) is 6. The Labute approximate surface area is 145 Å². The quantitative estimate of drug-likeness (QED) is 0.856. The van der Waals surface area contributed by atoms with E-state index >= 15 is 0 Å². The van der Waals surface area contributed by atoms with E-state index in [1.54, 1.807) is 17.1 Å². The van der Waals surface area contributed by atoms with Crippen molar-refractivity contribution in [3.63, 3.8) is 0 Å². The van der Waals surface area contributed by atoms with E-state index in [-0.39, 0.29) is 11.8 Å². The van der Waals surface area contributed by atoms with Crippen molar-refractivity contribution >= 4 is 11.8 Å². The van der Waals surface area contributed by atoms with Gasteiger partial charge >= 0.3 is 5.97 Å². The van der Waals surface area contributed by atoms with E-state index in [4.69, 9.17) is 5.11 Å². The lowest BCUT2D eigenvalue weighted by atomic mass is 9.62. The predicted octanol–water partition coefficient (Wildman–Crippen LogP) is 1.10. The average Bonchev–Trinajstić information content (AvgIpc) is 3.14. The van der Waals surface area contributed by atoms with Gasteiger partial charge in [-0.05, 0) is 43.7 Å². The SMILES string of the molecule is O=C(O)C1CC(O)(C2CCN(c3ccc(-n4ccnc4)nn3)CC2)C1. The number of aliphatic carboxylic acids is 1. The number of aliphatic hydroxyl groups is 1. The minimum Gasteiger partial charge on any atom is -0.481 e. The van der Waals surface area contributed by atoms with Gasteiger partial charge in [-0.2, -0.15) is 0 Å². The zero-order chi connectivity index (χ0) is 17.4. The van der Waals surface area contributed by atoms with E-state index in [1.807, 2.05) is 18.3 Å². The number of carboxylic acids is 1. The molecule has 3 heterocycles. The van der Waals surface area contributed by atoms with Crippen LogP contribution in [0.3, 0.4) is 0 Å². The maximum Gasteiger partial charge on any atom is 0.306 e. The van der Waals surface area contributed by atoms with Crippen LogP contribution in [0.25, 0.3) is 5.82 Å². The topological polar surface area (TPSA) is 104 Å². The van der Waals surface area contributed by atoms with Gasteiger partial charge in [-0.15, -0.1) is 10.2 Å². The molecule has 0 spiro atoms. The standard InChI is InChI=1S/C17H21N5O3/c23-16(24)12-9-17(25,10-12)13-3-6-21(7-4-13)14-1-2-15(20-19-14)22-8-5-18-11-22/h1-2,5,8,11-13,25H,3-4,6-7,9-10H2,(H,23,24). The molecule has 0 amide bonds. The van der Waals surface area contributed by atoms with Crippen LogP contribution >= 0.6 is 0 Å². The lowest BCUT2D eigenvalue weighted by molar-refractivity contribution is -0.168. The number of carbonyl (C=O) groups is 1.